The van der Waals surface area contributed by atoms with E-state index in [-0.39, 0.29) is 0 Å². The van der Waals surface area contributed by atoms with Crippen LogP contribution in [-0.4, -0.2) is 100 Å². The number of piperazine rings is 1. The van der Waals surface area contributed by atoms with E-state index in [0.29, 0.717) is 5.92 Å². The molecule has 9 nitrogen and oxygen atoms in total. The second-order valence-corrected chi connectivity index (χ2v) is 7.46. The van der Waals surface area contributed by atoms with E-state index in [0.717, 1.165) is 97.0 Å². The third kappa shape index (κ3) is 7.75. The number of ether oxygens (including phenoxy) is 2. The Labute approximate surface area is 173 Å². The molecule has 1 atom stereocenters. The molecule has 0 aromatic carbocycles. The van der Waals surface area contributed by atoms with Crippen molar-refractivity contribution < 1.29 is 9.47 Å². The molecule has 1 unspecified atom stereocenters. The minimum absolute atomic E-state index is 0.583. The molecule has 2 fully saturated rings. The quantitative estimate of drug-likeness (QED) is 0.325. The first-order valence-corrected chi connectivity index (χ1v) is 10.7. The van der Waals surface area contributed by atoms with Crippen molar-refractivity contribution in [3.05, 3.63) is 18.5 Å². The molecule has 0 spiro atoms. The van der Waals surface area contributed by atoms with E-state index < -0.39 is 0 Å². The second-order valence-electron chi connectivity index (χ2n) is 7.46. The minimum atomic E-state index is 0.583. The van der Waals surface area contributed by atoms with E-state index in [1.54, 1.807) is 12.4 Å². The minimum Gasteiger partial charge on any atom is -0.381 e. The van der Waals surface area contributed by atoms with Gasteiger partial charge in [-0.1, -0.05) is 0 Å². The third-order valence-electron chi connectivity index (χ3n) is 5.29. The van der Waals surface area contributed by atoms with E-state index >= 15 is 0 Å². The normalized spacial score (nSPS) is 20.8. The highest BCUT2D eigenvalue weighted by Crippen LogP contribution is 2.12. The van der Waals surface area contributed by atoms with Crippen LogP contribution in [0.1, 0.15) is 12.8 Å². The van der Waals surface area contributed by atoms with Crippen molar-refractivity contribution in [2.45, 2.75) is 12.8 Å². The number of hydrogen-bond donors (Lipinski definition) is 2. The summed E-state index contributed by atoms with van der Waals surface area (Å²) in [4.78, 5) is 17.7. The zero-order valence-corrected chi connectivity index (χ0v) is 17.6. The van der Waals surface area contributed by atoms with E-state index in [4.69, 9.17) is 9.47 Å². The SMILES string of the molecule is CN=C(NCCCOCC1CCOC1)NCCN1CCN(c2ncccn2)CC1. The number of hydrogen-bond acceptors (Lipinski definition) is 7. The lowest BCUT2D eigenvalue weighted by molar-refractivity contribution is 0.0888. The molecule has 2 aliphatic heterocycles. The smallest absolute Gasteiger partial charge is 0.225 e. The van der Waals surface area contributed by atoms with Crippen LogP contribution in [0.15, 0.2) is 23.5 Å². The Hall–Kier alpha value is -1.97. The van der Waals surface area contributed by atoms with E-state index in [1.807, 2.05) is 13.1 Å². The Morgan fingerprint density at radius 3 is 2.72 bits per heavy atom. The Kier molecular flexibility index (Phi) is 9.41. The van der Waals surface area contributed by atoms with Gasteiger partial charge in [0, 0.05) is 84.4 Å². The first-order valence-electron chi connectivity index (χ1n) is 10.7. The summed E-state index contributed by atoms with van der Waals surface area (Å²) >= 11 is 0. The molecular formula is C20H35N7O2. The van der Waals surface area contributed by atoms with Crippen molar-refractivity contribution in [1.82, 2.24) is 25.5 Å². The number of nitrogens with one attached hydrogen (secondary N) is 2. The molecule has 9 heteroatoms. The lowest BCUT2D eigenvalue weighted by Gasteiger charge is -2.34. The summed E-state index contributed by atoms with van der Waals surface area (Å²) in [5, 5.41) is 6.75. The molecule has 2 aliphatic rings. The van der Waals surface area contributed by atoms with Gasteiger partial charge in [0.1, 0.15) is 0 Å². The average Bonchev–Trinajstić information content (AvgIpc) is 3.29. The number of anilines is 1. The lowest BCUT2D eigenvalue weighted by Crippen LogP contribution is -2.49. The Balaban J connectivity index is 1.20. The Morgan fingerprint density at radius 1 is 1.21 bits per heavy atom. The van der Waals surface area contributed by atoms with Crippen LogP contribution in [0.3, 0.4) is 0 Å². The summed E-state index contributed by atoms with van der Waals surface area (Å²) < 4.78 is 11.1. The summed E-state index contributed by atoms with van der Waals surface area (Å²) in [5.41, 5.74) is 0. The van der Waals surface area contributed by atoms with Crippen LogP contribution in [0.4, 0.5) is 5.95 Å². The van der Waals surface area contributed by atoms with Crippen molar-refractivity contribution in [1.29, 1.82) is 0 Å². The predicted octanol–water partition coefficient (Wildman–Crippen LogP) is 0.207. The van der Waals surface area contributed by atoms with Crippen LogP contribution in [0.25, 0.3) is 0 Å². The highest BCUT2D eigenvalue weighted by Gasteiger charge is 2.18. The number of aliphatic imine (C=N–C) groups is 1. The monoisotopic (exact) mass is 405 g/mol. The van der Waals surface area contributed by atoms with Crippen LogP contribution in [-0.2, 0) is 9.47 Å². The van der Waals surface area contributed by atoms with Gasteiger partial charge in [0.15, 0.2) is 5.96 Å². The van der Waals surface area contributed by atoms with E-state index in [1.165, 1.54) is 0 Å². The molecule has 3 rings (SSSR count). The topological polar surface area (TPSA) is 87.1 Å². The van der Waals surface area contributed by atoms with Crippen LogP contribution in [0, 0.1) is 5.92 Å². The van der Waals surface area contributed by atoms with Gasteiger partial charge in [-0.3, -0.25) is 9.89 Å². The fourth-order valence-electron chi connectivity index (χ4n) is 3.52. The van der Waals surface area contributed by atoms with Gasteiger partial charge in [-0.15, -0.1) is 0 Å². The maximum absolute atomic E-state index is 5.73. The van der Waals surface area contributed by atoms with Gasteiger partial charge in [-0.25, -0.2) is 9.97 Å². The summed E-state index contributed by atoms with van der Waals surface area (Å²) in [5.74, 6) is 2.26. The number of rotatable bonds is 10. The molecule has 162 valence electrons. The van der Waals surface area contributed by atoms with Crippen LogP contribution in [0.5, 0.6) is 0 Å². The number of nitrogens with zero attached hydrogens (tertiary/aromatic N) is 5. The fraction of sp³-hybridized carbons (Fsp3) is 0.750. The van der Waals surface area contributed by atoms with E-state index in [2.05, 4.69) is 35.4 Å². The summed E-state index contributed by atoms with van der Waals surface area (Å²) in [6.07, 6.45) is 5.70. The maximum Gasteiger partial charge on any atom is 0.225 e. The molecule has 0 amide bonds. The summed E-state index contributed by atoms with van der Waals surface area (Å²) in [6.45, 7) is 10.0. The standard InChI is InChI=1S/C20H35N7O2/c1-21-19(22-7-3-14-28-16-18-4-15-29-17-18)23-8-9-26-10-12-27(13-11-26)20-24-5-2-6-25-20/h2,5-6,18H,3-4,7-17H2,1H3,(H2,21,22,23). The molecule has 0 bridgehead atoms. The Bertz CT molecular complexity index is 588. The zero-order chi connectivity index (χ0) is 20.2. The van der Waals surface area contributed by atoms with Crippen molar-refractivity contribution in [2.24, 2.45) is 10.9 Å². The molecule has 2 saturated heterocycles. The first kappa shape index (κ1) is 21.7. The average molecular weight is 406 g/mol. The number of guanidine groups is 1. The Morgan fingerprint density at radius 2 is 2.00 bits per heavy atom. The third-order valence-corrected chi connectivity index (χ3v) is 5.29. The summed E-state index contributed by atoms with van der Waals surface area (Å²) in [6, 6.07) is 1.85. The first-order chi connectivity index (χ1) is 14.3. The van der Waals surface area contributed by atoms with Gasteiger partial charge in [0.2, 0.25) is 5.95 Å². The van der Waals surface area contributed by atoms with Crippen molar-refractivity contribution in [2.75, 3.05) is 84.2 Å². The van der Waals surface area contributed by atoms with Crippen LogP contribution < -0.4 is 15.5 Å². The van der Waals surface area contributed by atoms with Crippen molar-refractivity contribution in [3.8, 4) is 0 Å². The largest absolute Gasteiger partial charge is 0.381 e. The van der Waals surface area contributed by atoms with Crippen molar-refractivity contribution >= 4 is 11.9 Å². The van der Waals surface area contributed by atoms with Gasteiger partial charge in [0.05, 0.1) is 13.2 Å². The highest BCUT2D eigenvalue weighted by atomic mass is 16.5. The van der Waals surface area contributed by atoms with Gasteiger partial charge >= 0.3 is 0 Å². The van der Waals surface area contributed by atoms with E-state index in [9.17, 15) is 0 Å². The fourth-order valence-corrected chi connectivity index (χ4v) is 3.52. The molecule has 0 radical (unpaired) electrons. The molecule has 2 N–H and O–H groups in total. The molecular weight excluding hydrogens is 370 g/mol. The van der Waals surface area contributed by atoms with Gasteiger partial charge in [-0.05, 0) is 18.9 Å². The van der Waals surface area contributed by atoms with Gasteiger partial charge in [-0.2, -0.15) is 0 Å². The van der Waals surface area contributed by atoms with Crippen LogP contribution >= 0.6 is 0 Å². The van der Waals surface area contributed by atoms with Gasteiger partial charge < -0.3 is 25.0 Å². The van der Waals surface area contributed by atoms with Crippen molar-refractivity contribution in [3.63, 3.8) is 0 Å². The molecule has 1 aromatic heterocycles. The molecule has 0 saturated carbocycles. The molecule has 1 aromatic rings. The summed E-state index contributed by atoms with van der Waals surface area (Å²) in [7, 11) is 1.81. The van der Waals surface area contributed by atoms with Crippen LogP contribution in [0.2, 0.25) is 0 Å². The maximum atomic E-state index is 5.73. The number of aromatic nitrogens is 2. The lowest BCUT2D eigenvalue weighted by atomic mass is 10.1. The second kappa shape index (κ2) is 12.6. The molecule has 29 heavy (non-hydrogen) atoms. The highest BCUT2D eigenvalue weighted by molar-refractivity contribution is 5.79. The molecule has 3 heterocycles. The molecule has 0 aliphatic carbocycles. The van der Waals surface area contributed by atoms with Gasteiger partial charge in [0.25, 0.3) is 0 Å². The predicted molar refractivity (Wildman–Crippen MR) is 114 cm³/mol. The zero-order valence-electron chi connectivity index (χ0n) is 17.6.